The summed E-state index contributed by atoms with van der Waals surface area (Å²) in [5.41, 5.74) is 1.01. The summed E-state index contributed by atoms with van der Waals surface area (Å²) in [6.07, 6.45) is 8.25. The molecule has 1 aliphatic carbocycles. The van der Waals surface area contributed by atoms with Crippen LogP contribution in [0, 0.1) is 11.8 Å². The normalized spacial score (nSPS) is 20.4. The molecule has 1 N–H and O–H groups in total. The predicted molar refractivity (Wildman–Crippen MR) is 107 cm³/mol. The Labute approximate surface area is 161 Å². The average Bonchev–Trinajstić information content (AvgIpc) is 3.09. The highest BCUT2D eigenvalue weighted by Crippen LogP contribution is 2.33. The maximum Gasteiger partial charge on any atom is 0.229 e. The maximum absolute atomic E-state index is 12.5. The van der Waals surface area contributed by atoms with Crippen LogP contribution in [0.3, 0.4) is 0 Å². The topological polar surface area (TPSA) is 54.9 Å². The first-order valence-electron chi connectivity index (χ1n) is 9.06. The van der Waals surface area contributed by atoms with E-state index in [1.54, 1.807) is 0 Å². The lowest BCUT2D eigenvalue weighted by atomic mass is 9.79. The Kier molecular flexibility index (Phi) is 6.59. The molecule has 0 saturated heterocycles. The van der Waals surface area contributed by atoms with Crippen molar-refractivity contribution in [1.82, 2.24) is 10.2 Å². The van der Waals surface area contributed by atoms with Crippen LogP contribution < -0.4 is 5.32 Å². The van der Waals surface area contributed by atoms with Crippen LogP contribution >= 0.6 is 27.3 Å². The molecule has 0 spiro atoms. The first-order chi connectivity index (χ1) is 12.2. The smallest absolute Gasteiger partial charge is 0.229 e. The minimum Gasteiger partial charge on any atom is -0.300 e. The standard InChI is InChI=1S/C19H24BrN3OS/c1-2-3-4-13-5-7-14(8-6-13)17(24)21-19-23-22-18(25-19)15-9-11-16(20)12-10-15/h9-14H,2-8H2,1H3,(H,21,23,24). The van der Waals surface area contributed by atoms with Crippen molar-refractivity contribution in [2.75, 3.05) is 5.32 Å². The molecule has 3 rings (SSSR count). The molecule has 1 heterocycles. The average molecular weight is 422 g/mol. The number of benzene rings is 1. The van der Waals surface area contributed by atoms with Gasteiger partial charge >= 0.3 is 0 Å². The van der Waals surface area contributed by atoms with Gasteiger partial charge in [-0.1, -0.05) is 65.6 Å². The van der Waals surface area contributed by atoms with Crippen molar-refractivity contribution < 1.29 is 4.79 Å². The fourth-order valence-corrected chi connectivity index (χ4v) is 4.41. The summed E-state index contributed by atoms with van der Waals surface area (Å²) in [6.45, 7) is 2.24. The van der Waals surface area contributed by atoms with Gasteiger partial charge in [-0.05, 0) is 43.7 Å². The van der Waals surface area contributed by atoms with Gasteiger partial charge in [0, 0.05) is 16.0 Å². The lowest BCUT2D eigenvalue weighted by Crippen LogP contribution is -2.27. The first-order valence-corrected chi connectivity index (χ1v) is 10.7. The van der Waals surface area contributed by atoms with Crippen LogP contribution in [-0.4, -0.2) is 16.1 Å². The highest BCUT2D eigenvalue weighted by molar-refractivity contribution is 9.10. The quantitative estimate of drug-likeness (QED) is 0.630. The number of carbonyl (C=O) groups is 1. The van der Waals surface area contributed by atoms with E-state index in [4.69, 9.17) is 0 Å². The summed E-state index contributed by atoms with van der Waals surface area (Å²) in [5, 5.41) is 12.7. The number of hydrogen-bond donors (Lipinski definition) is 1. The van der Waals surface area contributed by atoms with Crippen LogP contribution in [0.15, 0.2) is 28.7 Å². The van der Waals surface area contributed by atoms with Crippen molar-refractivity contribution in [1.29, 1.82) is 0 Å². The molecule has 0 unspecified atom stereocenters. The van der Waals surface area contributed by atoms with Gasteiger partial charge in [-0.15, -0.1) is 10.2 Å². The third-order valence-electron chi connectivity index (χ3n) is 4.93. The number of rotatable bonds is 6. The molecule has 0 aliphatic heterocycles. The lowest BCUT2D eigenvalue weighted by molar-refractivity contribution is -0.121. The van der Waals surface area contributed by atoms with Gasteiger partial charge in [0.25, 0.3) is 0 Å². The molecule has 1 aromatic heterocycles. The third kappa shape index (κ3) is 5.11. The Morgan fingerprint density at radius 3 is 2.60 bits per heavy atom. The first kappa shape index (κ1) is 18.5. The summed E-state index contributed by atoms with van der Waals surface area (Å²) in [7, 11) is 0. The summed E-state index contributed by atoms with van der Waals surface area (Å²) in [6, 6.07) is 7.94. The Morgan fingerprint density at radius 1 is 1.20 bits per heavy atom. The molecule has 2 aromatic rings. The van der Waals surface area contributed by atoms with Crippen molar-refractivity contribution in [2.24, 2.45) is 11.8 Å². The Morgan fingerprint density at radius 2 is 1.92 bits per heavy atom. The van der Waals surface area contributed by atoms with E-state index < -0.39 is 0 Å². The van der Waals surface area contributed by atoms with Gasteiger partial charge in [-0.25, -0.2) is 0 Å². The number of nitrogens with zero attached hydrogens (tertiary/aromatic N) is 2. The lowest BCUT2D eigenvalue weighted by Gasteiger charge is -2.27. The fraction of sp³-hybridized carbons (Fsp3) is 0.526. The number of amides is 1. The maximum atomic E-state index is 12.5. The highest BCUT2D eigenvalue weighted by atomic mass is 79.9. The van der Waals surface area contributed by atoms with E-state index in [1.807, 2.05) is 24.3 Å². The van der Waals surface area contributed by atoms with Crippen molar-refractivity contribution in [2.45, 2.75) is 51.9 Å². The molecular formula is C19H24BrN3OS. The minimum absolute atomic E-state index is 0.104. The SMILES string of the molecule is CCCCC1CCC(C(=O)Nc2nnc(-c3ccc(Br)cc3)s2)CC1. The van der Waals surface area contributed by atoms with Gasteiger partial charge in [-0.2, -0.15) is 0 Å². The molecule has 1 fully saturated rings. The molecule has 4 nitrogen and oxygen atoms in total. The molecule has 25 heavy (non-hydrogen) atoms. The van der Waals surface area contributed by atoms with Crippen LogP contribution in [-0.2, 0) is 4.79 Å². The molecule has 1 aliphatic rings. The number of carbonyl (C=O) groups excluding carboxylic acids is 1. The molecule has 1 aromatic carbocycles. The van der Waals surface area contributed by atoms with Crippen LogP contribution in [0.5, 0.6) is 0 Å². The summed E-state index contributed by atoms with van der Waals surface area (Å²) in [5.74, 6) is 1.04. The van der Waals surface area contributed by atoms with E-state index in [-0.39, 0.29) is 11.8 Å². The zero-order valence-corrected chi connectivity index (χ0v) is 16.9. The number of unbranched alkanes of at least 4 members (excludes halogenated alkanes) is 1. The molecule has 0 bridgehead atoms. The number of hydrogen-bond acceptors (Lipinski definition) is 4. The van der Waals surface area contributed by atoms with Gasteiger partial charge in [0.1, 0.15) is 5.01 Å². The molecule has 1 amide bonds. The number of halogens is 1. The van der Waals surface area contributed by atoms with E-state index >= 15 is 0 Å². The minimum atomic E-state index is 0.104. The van der Waals surface area contributed by atoms with Crippen LogP contribution in [0.2, 0.25) is 0 Å². The zero-order chi connectivity index (χ0) is 17.6. The molecule has 1 saturated carbocycles. The van der Waals surface area contributed by atoms with Crippen LogP contribution in [0.4, 0.5) is 5.13 Å². The largest absolute Gasteiger partial charge is 0.300 e. The molecule has 6 heteroatoms. The van der Waals surface area contributed by atoms with Gasteiger partial charge < -0.3 is 5.32 Å². The number of nitrogens with one attached hydrogen (secondary N) is 1. The van der Waals surface area contributed by atoms with E-state index in [2.05, 4.69) is 38.4 Å². The summed E-state index contributed by atoms with van der Waals surface area (Å²) >= 11 is 4.85. The number of anilines is 1. The van der Waals surface area contributed by atoms with Gasteiger partial charge in [0.2, 0.25) is 11.0 Å². The number of aromatic nitrogens is 2. The van der Waals surface area contributed by atoms with Crippen LogP contribution in [0.25, 0.3) is 10.6 Å². The van der Waals surface area contributed by atoms with Gasteiger partial charge in [0.05, 0.1) is 0 Å². The molecule has 0 atom stereocenters. The van der Waals surface area contributed by atoms with Crippen LogP contribution in [0.1, 0.15) is 51.9 Å². The van der Waals surface area contributed by atoms with Gasteiger partial charge in [0.15, 0.2) is 0 Å². The molecule has 0 radical (unpaired) electrons. The second kappa shape index (κ2) is 8.90. The second-order valence-electron chi connectivity index (χ2n) is 6.77. The van der Waals surface area contributed by atoms with Crippen molar-refractivity contribution in [3.63, 3.8) is 0 Å². The van der Waals surface area contributed by atoms with Crippen molar-refractivity contribution in [3.05, 3.63) is 28.7 Å². The van der Waals surface area contributed by atoms with Gasteiger partial charge in [-0.3, -0.25) is 4.79 Å². The van der Waals surface area contributed by atoms with E-state index in [9.17, 15) is 4.79 Å². The predicted octanol–water partition coefficient (Wildman–Crippen LogP) is 5.90. The summed E-state index contributed by atoms with van der Waals surface area (Å²) < 4.78 is 1.03. The van der Waals surface area contributed by atoms with E-state index in [0.29, 0.717) is 5.13 Å². The molecule has 134 valence electrons. The Balaban J connectivity index is 1.53. The van der Waals surface area contributed by atoms with Crippen molar-refractivity contribution >= 4 is 38.3 Å². The zero-order valence-electron chi connectivity index (χ0n) is 14.5. The highest BCUT2D eigenvalue weighted by Gasteiger charge is 2.26. The Bertz CT molecular complexity index is 693. The monoisotopic (exact) mass is 421 g/mol. The van der Waals surface area contributed by atoms with Crippen molar-refractivity contribution in [3.8, 4) is 10.6 Å². The molecular weight excluding hydrogens is 398 g/mol. The summed E-state index contributed by atoms with van der Waals surface area (Å²) in [4.78, 5) is 12.5. The fourth-order valence-electron chi connectivity index (χ4n) is 3.40. The van der Waals surface area contributed by atoms with E-state index in [1.165, 1.54) is 43.4 Å². The Hall–Kier alpha value is -1.27. The third-order valence-corrected chi connectivity index (χ3v) is 6.35. The van der Waals surface area contributed by atoms with E-state index in [0.717, 1.165) is 33.8 Å². The second-order valence-corrected chi connectivity index (χ2v) is 8.66.